The summed E-state index contributed by atoms with van der Waals surface area (Å²) in [5.41, 5.74) is 5.14. The Hall–Kier alpha value is -3.33. The molecule has 3 aromatic rings. The molecule has 0 spiro atoms. The number of amides is 1. The number of nitrogens with zero attached hydrogens (tertiary/aromatic N) is 4. The monoisotopic (exact) mass is 503 g/mol. The van der Waals surface area contributed by atoms with Gasteiger partial charge >= 0.3 is 0 Å². The van der Waals surface area contributed by atoms with Crippen molar-refractivity contribution in [3.05, 3.63) is 58.7 Å². The second-order valence-electron chi connectivity index (χ2n) is 8.39. The molecule has 0 bridgehead atoms. The number of nitriles is 1. The highest BCUT2D eigenvalue weighted by atomic mass is 35.5. The van der Waals surface area contributed by atoms with Gasteiger partial charge in [-0.2, -0.15) is 5.26 Å². The van der Waals surface area contributed by atoms with E-state index in [1.807, 2.05) is 6.07 Å². The molecule has 0 unspecified atom stereocenters. The van der Waals surface area contributed by atoms with E-state index in [0.717, 1.165) is 6.07 Å². The summed E-state index contributed by atoms with van der Waals surface area (Å²) in [4.78, 5) is 13.9. The summed E-state index contributed by atoms with van der Waals surface area (Å²) in [5, 5.41) is 17.4. The van der Waals surface area contributed by atoms with Crippen LogP contribution in [0.4, 0.5) is 10.1 Å². The van der Waals surface area contributed by atoms with E-state index in [1.165, 1.54) is 11.0 Å². The molecule has 1 aliphatic heterocycles. The van der Waals surface area contributed by atoms with Gasteiger partial charge in [0.2, 0.25) is 11.8 Å². The summed E-state index contributed by atoms with van der Waals surface area (Å²) in [7, 11) is -4.09. The molecular formula is C22H19ClFN5O4S. The minimum Gasteiger partial charge on any atom is -0.419 e. The zero-order chi connectivity index (χ0) is 24.8. The number of rotatable bonds is 4. The molecule has 0 saturated heterocycles. The first-order chi connectivity index (χ1) is 15.9. The van der Waals surface area contributed by atoms with Crippen LogP contribution in [0.5, 0.6) is 0 Å². The largest absolute Gasteiger partial charge is 0.419 e. The van der Waals surface area contributed by atoms with Crippen LogP contribution in [0, 0.1) is 17.1 Å². The number of carbonyl (C=O) groups excluding carboxylic acids is 1. The number of sulfone groups is 1. The van der Waals surface area contributed by atoms with Crippen LogP contribution in [0.15, 0.2) is 45.7 Å². The van der Waals surface area contributed by atoms with Crippen molar-refractivity contribution in [1.29, 1.82) is 5.26 Å². The van der Waals surface area contributed by atoms with E-state index < -0.39 is 38.8 Å². The number of benzene rings is 2. The summed E-state index contributed by atoms with van der Waals surface area (Å²) in [6.45, 7) is 3.07. The third kappa shape index (κ3) is 4.27. The fraction of sp³-hybridized carbons (Fsp3) is 0.273. The molecule has 0 aliphatic carbocycles. The van der Waals surface area contributed by atoms with Crippen LogP contribution in [0.3, 0.4) is 0 Å². The van der Waals surface area contributed by atoms with Gasteiger partial charge in [-0.05, 0) is 43.7 Å². The SMILES string of the molecule is CC(C)(C#N)c1nnc(-c2cc3c(cc2F)S(=O)(=O)C[C@H](N)C(=O)N3Cc2ccc(Cl)cc2)o1. The van der Waals surface area contributed by atoms with Crippen LogP contribution in [0.2, 0.25) is 5.02 Å². The van der Waals surface area contributed by atoms with E-state index in [-0.39, 0.29) is 34.5 Å². The number of hydrogen-bond acceptors (Lipinski definition) is 8. The molecule has 2 heterocycles. The number of hydrogen-bond donors (Lipinski definition) is 1. The Balaban J connectivity index is 1.89. The number of fused-ring (bicyclic) bond motifs is 1. The Bertz CT molecular complexity index is 1430. The average molecular weight is 504 g/mol. The molecule has 12 heteroatoms. The van der Waals surface area contributed by atoms with Crippen LogP contribution >= 0.6 is 11.6 Å². The Kier molecular flexibility index (Phi) is 5.93. The number of anilines is 1. The van der Waals surface area contributed by atoms with E-state index in [4.69, 9.17) is 21.8 Å². The van der Waals surface area contributed by atoms with Crippen molar-refractivity contribution in [3.63, 3.8) is 0 Å². The first kappa shape index (κ1) is 23.8. The number of carbonyl (C=O) groups is 1. The lowest BCUT2D eigenvalue weighted by Gasteiger charge is -2.24. The lowest BCUT2D eigenvalue weighted by atomic mass is 9.96. The molecule has 1 atom stereocenters. The second kappa shape index (κ2) is 8.47. The number of nitrogens with two attached hydrogens (primary N) is 1. The second-order valence-corrected chi connectivity index (χ2v) is 10.8. The van der Waals surface area contributed by atoms with Crippen molar-refractivity contribution < 1.29 is 22.0 Å². The smallest absolute Gasteiger partial charge is 0.250 e. The van der Waals surface area contributed by atoms with Crippen LogP contribution in [-0.2, 0) is 26.6 Å². The molecule has 0 saturated carbocycles. The van der Waals surface area contributed by atoms with Gasteiger partial charge in [0.1, 0.15) is 11.2 Å². The van der Waals surface area contributed by atoms with Gasteiger partial charge in [-0.25, -0.2) is 12.8 Å². The van der Waals surface area contributed by atoms with Gasteiger partial charge < -0.3 is 15.1 Å². The van der Waals surface area contributed by atoms with Crippen LogP contribution in [-0.4, -0.2) is 36.3 Å². The lowest BCUT2D eigenvalue weighted by Crippen LogP contribution is -2.45. The standard InChI is InChI=1S/C22H19ClFN5O4S/c1-22(2,11-25)21-28-27-19(33-21)14-7-17-18(8-15(14)24)34(31,32)10-16(26)20(30)29(17)9-12-3-5-13(23)6-4-12/h3-8,16H,9-10,26H2,1-2H3/t16-/m0/s1. The third-order valence-electron chi connectivity index (χ3n) is 5.38. The third-order valence-corrected chi connectivity index (χ3v) is 7.43. The maximum absolute atomic E-state index is 15.1. The van der Waals surface area contributed by atoms with Gasteiger partial charge in [-0.1, -0.05) is 23.7 Å². The van der Waals surface area contributed by atoms with Crippen molar-refractivity contribution >= 4 is 33.0 Å². The zero-order valence-corrected chi connectivity index (χ0v) is 19.7. The zero-order valence-electron chi connectivity index (χ0n) is 18.1. The molecular weight excluding hydrogens is 485 g/mol. The van der Waals surface area contributed by atoms with Gasteiger partial charge in [-0.15, -0.1) is 10.2 Å². The van der Waals surface area contributed by atoms with Gasteiger partial charge in [0.25, 0.3) is 5.89 Å². The highest BCUT2D eigenvalue weighted by Gasteiger charge is 2.38. The molecule has 1 aliphatic rings. The lowest BCUT2D eigenvalue weighted by molar-refractivity contribution is -0.119. The highest BCUT2D eigenvalue weighted by molar-refractivity contribution is 7.91. The Labute approximate surface area is 199 Å². The van der Waals surface area contributed by atoms with Gasteiger partial charge in [-0.3, -0.25) is 4.79 Å². The van der Waals surface area contributed by atoms with E-state index in [0.29, 0.717) is 10.6 Å². The molecule has 176 valence electrons. The first-order valence-electron chi connectivity index (χ1n) is 10.1. The summed E-state index contributed by atoms with van der Waals surface area (Å²) in [5.74, 6) is -2.56. The van der Waals surface area contributed by atoms with E-state index in [9.17, 15) is 18.5 Å². The molecule has 4 rings (SSSR count). The Morgan fingerprint density at radius 3 is 2.62 bits per heavy atom. The molecule has 2 aromatic carbocycles. The van der Waals surface area contributed by atoms with Crippen molar-refractivity contribution in [2.24, 2.45) is 5.73 Å². The number of halogens is 2. The maximum Gasteiger partial charge on any atom is 0.250 e. The predicted molar refractivity (Wildman–Crippen MR) is 121 cm³/mol. The molecule has 1 amide bonds. The highest BCUT2D eigenvalue weighted by Crippen LogP contribution is 2.37. The van der Waals surface area contributed by atoms with E-state index in [1.54, 1.807) is 38.1 Å². The fourth-order valence-electron chi connectivity index (χ4n) is 3.45. The summed E-state index contributed by atoms with van der Waals surface area (Å²) >= 11 is 5.94. The van der Waals surface area contributed by atoms with E-state index in [2.05, 4.69) is 10.2 Å². The van der Waals surface area contributed by atoms with Gasteiger partial charge in [0.15, 0.2) is 9.84 Å². The van der Waals surface area contributed by atoms with Crippen LogP contribution in [0.25, 0.3) is 11.5 Å². The van der Waals surface area contributed by atoms with Crippen molar-refractivity contribution in [1.82, 2.24) is 10.2 Å². The van der Waals surface area contributed by atoms with Gasteiger partial charge in [0, 0.05) is 5.02 Å². The molecule has 34 heavy (non-hydrogen) atoms. The predicted octanol–water partition coefficient (Wildman–Crippen LogP) is 2.98. The normalized spacial score (nSPS) is 17.7. The average Bonchev–Trinajstić information content (AvgIpc) is 3.27. The van der Waals surface area contributed by atoms with Gasteiger partial charge in [0.05, 0.1) is 40.6 Å². The summed E-state index contributed by atoms with van der Waals surface area (Å²) < 4.78 is 46.5. The minimum absolute atomic E-state index is 0.0339. The molecule has 0 radical (unpaired) electrons. The molecule has 0 fully saturated rings. The minimum atomic E-state index is -4.09. The van der Waals surface area contributed by atoms with E-state index >= 15 is 4.39 Å². The van der Waals surface area contributed by atoms with Crippen molar-refractivity contribution in [2.45, 2.75) is 36.7 Å². The maximum atomic E-state index is 15.1. The Morgan fingerprint density at radius 1 is 1.29 bits per heavy atom. The van der Waals surface area contributed by atoms with Crippen molar-refractivity contribution in [2.75, 3.05) is 10.7 Å². The topological polar surface area (TPSA) is 143 Å². The number of aromatic nitrogens is 2. The Morgan fingerprint density at radius 2 is 1.97 bits per heavy atom. The van der Waals surface area contributed by atoms with Crippen molar-refractivity contribution in [3.8, 4) is 17.5 Å². The van der Waals surface area contributed by atoms with Crippen LogP contribution < -0.4 is 10.6 Å². The molecule has 2 N–H and O–H groups in total. The molecule has 1 aromatic heterocycles. The summed E-state index contributed by atoms with van der Waals surface area (Å²) in [6.07, 6.45) is 0. The quantitative estimate of drug-likeness (QED) is 0.572. The fourth-order valence-corrected chi connectivity index (χ4v) is 5.14. The van der Waals surface area contributed by atoms with Crippen LogP contribution in [0.1, 0.15) is 25.3 Å². The summed E-state index contributed by atoms with van der Waals surface area (Å²) in [6, 6.07) is 9.27. The molecule has 9 nitrogen and oxygen atoms in total. The first-order valence-corrected chi connectivity index (χ1v) is 12.1.